The highest BCUT2D eigenvalue weighted by Crippen LogP contribution is 2.21. The Morgan fingerprint density at radius 1 is 1.30 bits per heavy atom. The van der Waals surface area contributed by atoms with Crippen molar-refractivity contribution >= 4 is 22.4 Å². The first-order chi connectivity index (χ1) is 13.1. The van der Waals surface area contributed by atoms with Crippen LogP contribution in [0.3, 0.4) is 0 Å². The number of benzene rings is 1. The van der Waals surface area contributed by atoms with Gasteiger partial charge in [-0.15, -0.1) is 0 Å². The van der Waals surface area contributed by atoms with Crippen molar-refractivity contribution in [3.63, 3.8) is 0 Å². The number of nitrogens with zero attached hydrogens (tertiary/aromatic N) is 3. The van der Waals surface area contributed by atoms with Crippen molar-refractivity contribution in [2.75, 3.05) is 0 Å². The van der Waals surface area contributed by atoms with Crippen LogP contribution in [0.2, 0.25) is 0 Å². The number of carbonyl (C=O) groups is 1. The first-order valence-electron chi connectivity index (χ1n) is 9.95. The van der Waals surface area contributed by atoms with E-state index in [0.717, 1.165) is 44.2 Å². The molecule has 3 rings (SSSR count). The molecule has 144 valence electrons. The van der Waals surface area contributed by atoms with Crippen LogP contribution in [0, 0.1) is 5.92 Å². The third-order valence-electron chi connectivity index (χ3n) is 5.12. The van der Waals surface area contributed by atoms with E-state index in [9.17, 15) is 9.59 Å². The lowest BCUT2D eigenvalue weighted by Gasteiger charge is -2.19. The van der Waals surface area contributed by atoms with E-state index in [2.05, 4.69) is 29.5 Å². The summed E-state index contributed by atoms with van der Waals surface area (Å²) in [7, 11) is 0. The average molecular weight is 368 g/mol. The SMILES string of the molecule is CCCCCn1nc(C(=O)N/N=C2/CCC[C@H](C)C2)c2ccccc2c1=O. The van der Waals surface area contributed by atoms with Crippen LogP contribution in [0.15, 0.2) is 34.2 Å². The zero-order chi connectivity index (χ0) is 19.2. The van der Waals surface area contributed by atoms with E-state index < -0.39 is 0 Å². The van der Waals surface area contributed by atoms with Crippen LogP contribution in [-0.4, -0.2) is 21.4 Å². The van der Waals surface area contributed by atoms with Gasteiger partial charge >= 0.3 is 0 Å². The van der Waals surface area contributed by atoms with E-state index in [4.69, 9.17) is 0 Å². The summed E-state index contributed by atoms with van der Waals surface area (Å²) in [6, 6.07) is 7.15. The van der Waals surface area contributed by atoms with Crippen LogP contribution in [0.5, 0.6) is 0 Å². The minimum atomic E-state index is -0.360. The quantitative estimate of drug-likeness (QED) is 0.621. The normalized spacial score (nSPS) is 18.7. The summed E-state index contributed by atoms with van der Waals surface area (Å²) in [5.74, 6) is 0.245. The van der Waals surface area contributed by atoms with Gasteiger partial charge in [0.15, 0.2) is 5.69 Å². The predicted octanol–water partition coefficient (Wildman–Crippen LogP) is 3.88. The van der Waals surface area contributed by atoms with Crippen molar-refractivity contribution in [1.29, 1.82) is 0 Å². The molecule has 0 aliphatic heterocycles. The Morgan fingerprint density at radius 3 is 2.81 bits per heavy atom. The molecule has 1 aromatic heterocycles. The standard InChI is InChI=1S/C21H28N4O2/c1-3-4-7-13-25-21(27)18-12-6-5-11-17(18)19(24-25)20(26)23-22-16-10-8-9-15(2)14-16/h5-6,11-12,15H,3-4,7-10,13-14H2,1-2H3,(H,23,26)/b22-16-/t15-/m0/s1. The largest absolute Gasteiger partial charge is 0.292 e. The number of hydrogen-bond donors (Lipinski definition) is 1. The Balaban J connectivity index is 1.89. The second-order valence-electron chi connectivity index (χ2n) is 7.45. The molecule has 0 saturated heterocycles. The number of amides is 1. The van der Waals surface area contributed by atoms with Crippen LogP contribution in [0.4, 0.5) is 0 Å². The summed E-state index contributed by atoms with van der Waals surface area (Å²) in [5, 5.41) is 9.80. The van der Waals surface area contributed by atoms with Crippen LogP contribution < -0.4 is 11.0 Å². The number of aryl methyl sites for hydroxylation is 1. The van der Waals surface area contributed by atoms with Gasteiger partial charge in [0.25, 0.3) is 11.5 Å². The van der Waals surface area contributed by atoms with Gasteiger partial charge in [-0.3, -0.25) is 9.59 Å². The highest BCUT2D eigenvalue weighted by atomic mass is 16.2. The van der Waals surface area contributed by atoms with E-state index in [0.29, 0.717) is 23.2 Å². The van der Waals surface area contributed by atoms with Gasteiger partial charge in [-0.05, 0) is 44.1 Å². The molecule has 6 nitrogen and oxygen atoms in total. The minimum absolute atomic E-state index is 0.148. The van der Waals surface area contributed by atoms with Crippen LogP contribution >= 0.6 is 0 Å². The third-order valence-corrected chi connectivity index (χ3v) is 5.12. The molecule has 0 unspecified atom stereocenters. The summed E-state index contributed by atoms with van der Waals surface area (Å²) < 4.78 is 1.42. The summed E-state index contributed by atoms with van der Waals surface area (Å²) in [6.07, 6.45) is 7.12. The number of carbonyl (C=O) groups excluding carboxylic acids is 1. The van der Waals surface area contributed by atoms with E-state index in [1.165, 1.54) is 11.1 Å². The van der Waals surface area contributed by atoms with Crippen molar-refractivity contribution in [3.8, 4) is 0 Å². The molecule has 1 aliphatic carbocycles. The van der Waals surface area contributed by atoms with Crippen molar-refractivity contribution in [3.05, 3.63) is 40.3 Å². The molecule has 1 aromatic carbocycles. The summed E-state index contributed by atoms with van der Waals surface area (Å²) in [5.41, 5.74) is 3.81. The van der Waals surface area contributed by atoms with Gasteiger partial charge in [0.1, 0.15) is 0 Å². The molecule has 0 spiro atoms. The molecule has 1 atom stereocenters. The zero-order valence-electron chi connectivity index (χ0n) is 16.2. The van der Waals surface area contributed by atoms with Gasteiger partial charge in [-0.25, -0.2) is 10.1 Å². The lowest BCUT2D eigenvalue weighted by molar-refractivity contribution is 0.0949. The van der Waals surface area contributed by atoms with E-state index in [-0.39, 0.29) is 17.2 Å². The molecule has 27 heavy (non-hydrogen) atoms. The van der Waals surface area contributed by atoms with Gasteiger partial charge in [0.2, 0.25) is 0 Å². The molecule has 1 heterocycles. The molecule has 0 radical (unpaired) electrons. The molecule has 1 aliphatic rings. The predicted molar refractivity (Wildman–Crippen MR) is 108 cm³/mol. The monoisotopic (exact) mass is 368 g/mol. The maximum absolute atomic E-state index is 12.8. The van der Waals surface area contributed by atoms with Crippen LogP contribution in [0.25, 0.3) is 10.8 Å². The van der Waals surface area contributed by atoms with Crippen LogP contribution in [0.1, 0.15) is 69.3 Å². The van der Waals surface area contributed by atoms with Gasteiger partial charge in [-0.2, -0.15) is 10.2 Å². The number of nitrogens with one attached hydrogen (secondary N) is 1. The number of fused-ring (bicyclic) bond motifs is 1. The number of rotatable bonds is 6. The molecule has 1 fully saturated rings. The summed E-state index contributed by atoms with van der Waals surface area (Å²) in [4.78, 5) is 25.5. The highest BCUT2D eigenvalue weighted by Gasteiger charge is 2.18. The van der Waals surface area contributed by atoms with E-state index in [1.54, 1.807) is 12.1 Å². The zero-order valence-corrected chi connectivity index (χ0v) is 16.2. The molecule has 1 saturated carbocycles. The van der Waals surface area contributed by atoms with Crippen LogP contribution in [-0.2, 0) is 6.54 Å². The Bertz CT molecular complexity index is 901. The number of aromatic nitrogens is 2. The molecule has 2 aromatic rings. The Hall–Kier alpha value is -2.50. The maximum Gasteiger partial charge on any atom is 0.292 e. The molecule has 0 bridgehead atoms. The third kappa shape index (κ3) is 4.62. The molecule has 1 N–H and O–H groups in total. The Labute approximate surface area is 159 Å². The van der Waals surface area contributed by atoms with Gasteiger partial charge in [0.05, 0.1) is 5.39 Å². The van der Waals surface area contributed by atoms with Gasteiger partial charge in [0, 0.05) is 17.6 Å². The maximum atomic E-state index is 12.8. The van der Waals surface area contributed by atoms with E-state index in [1.807, 2.05) is 12.1 Å². The van der Waals surface area contributed by atoms with Crippen molar-refractivity contribution in [2.24, 2.45) is 11.0 Å². The number of unbranched alkanes of at least 4 members (excludes halogenated alkanes) is 2. The lowest BCUT2D eigenvalue weighted by Crippen LogP contribution is -2.29. The first kappa shape index (κ1) is 19.3. The Morgan fingerprint density at radius 2 is 2.07 bits per heavy atom. The fourth-order valence-corrected chi connectivity index (χ4v) is 3.61. The number of hydrogen-bond acceptors (Lipinski definition) is 4. The van der Waals surface area contributed by atoms with E-state index >= 15 is 0 Å². The fourth-order valence-electron chi connectivity index (χ4n) is 3.61. The molecule has 1 amide bonds. The second kappa shape index (κ2) is 8.93. The number of hydrazone groups is 1. The van der Waals surface area contributed by atoms with Crippen molar-refractivity contribution in [2.45, 2.75) is 65.3 Å². The topological polar surface area (TPSA) is 76.3 Å². The smallest absolute Gasteiger partial charge is 0.267 e. The minimum Gasteiger partial charge on any atom is -0.267 e. The molecular weight excluding hydrogens is 340 g/mol. The summed E-state index contributed by atoms with van der Waals surface area (Å²) >= 11 is 0. The lowest BCUT2D eigenvalue weighted by atomic mass is 9.89. The Kier molecular flexibility index (Phi) is 6.37. The van der Waals surface area contributed by atoms with Gasteiger partial charge in [-0.1, -0.05) is 44.9 Å². The van der Waals surface area contributed by atoms with Crippen molar-refractivity contribution < 1.29 is 4.79 Å². The van der Waals surface area contributed by atoms with Gasteiger partial charge < -0.3 is 0 Å². The summed E-state index contributed by atoms with van der Waals surface area (Å²) in [6.45, 7) is 4.84. The molecular formula is C21H28N4O2. The first-order valence-corrected chi connectivity index (χ1v) is 9.95. The second-order valence-corrected chi connectivity index (χ2v) is 7.45. The molecule has 6 heteroatoms. The highest BCUT2D eigenvalue weighted by molar-refractivity contribution is 6.05. The average Bonchev–Trinajstić information content (AvgIpc) is 2.68. The fraction of sp³-hybridized carbons (Fsp3) is 0.524. The van der Waals surface area contributed by atoms with Crippen molar-refractivity contribution in [1.82, 2.24) is 15.2 Å².